The van der Waals surface area contributed by atoms with E-state index in [4.69, 9.17) is 9.47 Å². The molecule has 7 heteroatoms. The third-order valence-electron chi connectivity index (χ3n) is 4.37. The second-order valence-electron chi connectivity index (χ2n) is 5.85. The summed E-state index contributed by atoms with van der Waals surface area (Å²) in [4.78, 5) is 24.3. The molecule has 2 N–H and O–H groups in total. The van der Waals surface area contributed by atoms with E-state index in [0.29, 0.717) is 31.6 Å². The van der Waals surface area contributed by atoms with E-state index in [0.717, 1.165) is 0 Å². The summed E-state index contributed by atoms with van der Waals surface area (Å²) in [7, 11) is 1.47. The highest BCUT2D eigenvalue weighted by molar-refractivity contribution is 5.91. The fraction of sp³-hybridized carbons (Fsp3) is 0.529. The number of methoxy groups -OCH3 is 1. The molecule has 1 aliphatic rings. The van der Waals surface area contributed by atoms with Gasteiger partial charge in [-0.3, -0.25) is 4.79 Å². The smallest absolute Gasteiger partial charge is 0.326 e. The van der Waals surface area contributed by atoms with Gasteiger partial charge in [0.25, 0.3) is 0 Å². The van der Waals surface area contributed by atoms with Crippen LogP contribution in [0.15, 0.2) is 24.3 Å². The maximum Gasteiger partial charge on any atom is 0.326 e. The largest absolute Gasteiger partial charge is 0.480 e. The third kappa shape index (κ3) is 4.10. The first kappa shape index (κ1) is 18.4. The maximum atomic E-state index is 13.6. The molecule has 1 heterocycles. The summed E-state index contributed by atoms with van der Waals surface area (Å²) in [5, 5.41) is 11.9. The minimum Gasteiger partial charge on any atom is -0.480 e. The summed E-state index contributed by atoms with van der Waals surface area (Å²) in [5.74, 6) is -1.97. The van der Waals surface area contributed by atoms with Gasteiger partial charge < -0.3 is 19.9 Å². The van der Waals surface area contributed by atoms with Gasteiger partial charge in [-0.15, -0.1) is 0 Å². The van der Waals surface area contributed by atoms with Crippen LogP contribution >= 0.6 is 0 Å². The molecular formula is C17H22FNO5. The van der Waals surface area contributed by atoms with Gasteiger partial charge in [0.05, 0.1) is 5.41 Å². The van der Waals surface area contributed by atoms with Crippen LogP contribution in [0.3, 0.4) is 0 Å². The van der Waals surface area contributed by atoms with Gasteiger partial charge in [0.1, 0.15) is 11.9 Å². The zero-order chi connectivity index (χ0) is 17.6. The van der Waals surface area contributed by atoms with Gasteiger partial charge in [0.2, 0.25) is 5.91 Å². The number of benzene rings is 1. The number of hydrogen-bond acceptors (Lipinski definition) is 4. The Balaban J connectivity index is 2.26. The molecule has 1 unspecified atom stereocenters. The normalized spacial score (nSPS) is 17.9. The molecule has 1 amide bonds. The molecule has 1 saturated heterocycles. The standard InChI is InChI=1S/C17H22FNO5/c1-23-8-5-14(15(20)21)19-16(22)17(6-9-24-10-7-17)12-3-2-4-13(18)11-12/h2-4,11,14H,5-10H2,1H3,(H,19,22)(H,20,21). The Morgan fingerprint density at radius 3 is 2.71 bits per heavy atom. The molecule has 2 rings (SSSR count). The molecule has 1 fully saturated rings. The van der Waals surface area contributed by atoms with E-state index in [2.05, 4.69) is 5.32 Å². The van der Waals surface area contributed by atoms with Crippen molar-refractivity contribution in [2.24, 2.45) is 0 Å². The van der Waals surface area contributed by atoms with Gasteiger partial charge in [0, 0.05) is 33.4 Å². The Labute approximate surface area is 139 Å². The molecule has 6 nitrogen and oxygen atoms in total. The van der Waals surface area contributed by atoms with Crippen LogP contribution in [0.2, 0.25) is 0 Å². The Bertz CT molecular complexity index is 586. The number of carboxylic acids is 1. The maximum absolute atomic E-state index is 13.6. The van der Waals surface area contributed by atoms with E-state index < -0.39 is 29.2 Å². The number of amides is 1. The van der Waals surface area contributed by atoms with Crippen molar-refractivity contribution >= 4 is 11.9 Å². The van der Waals surface area contributed by atoms with Crippen LogP contribution in [-0.4, -0.2) is 50.0 Å². The molecule has 1 atom stereocenters. The predicted octanol–water partition coefficient (Wildman–Crippen LogP) is 1.48. The molecule has 0 radical (unpaired) electrons. The molecule has 0 aliphatic carbocycles. The summed E-state index contributed by atoms with van der Waals surface area (Å²) in [6.45, 7) is 0.937. The average molecular weight is 339 g/mol. The number of rotatable bonds is 7. The van der Waals surface area contributed by atoms with Crippen LogP contribution in [0.4, 0.5) is 4.39 Å². The first-order valence-corrected chi connectivity index (χ1v) is 7.86. The number of carbonyl (C=O) groups excluding carboxylic acids is 1. The summed E-state index contributed by atoms with van der Waals surface area (Å²) in [6, 6.07) is 4.84. The van der Waals surface area contributed by atoms with Gasteiger partial charge >= 0.3 is 5.97 Å². The highest BCUT2D eigenvalue weighted by Gasteiger charge is 2.43. The van der Waals surface area contributed by atoms with Crippen molar-refractivity contribution in [1.82, 2.24) is 5.32 Å². The van der Waals surface area contributed by atoms with Gasteiger partial charge in [-0.25, -0.2) is 9.18 Å². The topological polar surface area (TPSA) is 84.9 Å². The molecule has 132 valence electrons. The van der Waals surface area contributed by atoms with Crippen molar-refractivity contribution < 1.29 is 28.6 Å². The lowest BCUT2D eigenvalue weighted by Crippen LogP contribution is -2.53. The highest BCUT2D eigenvalue weighted by atomic mass is 19.1. The van der Waals surface area contributed by atoms with Crippen molar-refractivity contribution in [3.8, 4) is 0 Å². The highest BCUT2D eigenvalue weighted by Crippen LogP contribution is 2.35. The van der Waals surface area contributed by atoms with Gasteiger partial charge in [0.15, 0.2) is 0 Å². The van der Waals surface area contributed by atoms with Crippen molar-refractivity contribution in [1.29, 1.82) is 0 Å². The fourth-order valence-corrected chi connectivity index (χ4v) is 2.94. The van der Waals surface area contributed by atoms with Gasteiger partial charge in [-0.2, -0.15) is 0 Å². The van der Waals surface area contributed by atoms with Crippen LogP contribution in [0.1, 0.15) is 24.8 Å². The second kappa shape index (κ2) is 8.21. The summed E-state index contributed by atoms with van der Waals surface area (Å²) < 4.78 is 23.9. The number of carboxylic acid groups (broad SMARTS) is 1. The lowest BCUT2D eigenvalue weighted by molar-refractivity contribution is -0.144. The van der Waals surface area contributed by atoms with E-state index in [1.54, 1.807) is 12.1 Å². The fourth-order valence-electron chi connectivity index (χ4n) is 2.94. The number of nitrogens with one attached hydrogen (secondary N) is 1. The molecule has 1 aliphatic heterocycles. The predicted molar refractivity (Wildman–Crippen MR) is 84.2 cm³/mol. The van der Waals surface area contributed by atoms with Crippen molar-refractivity contribution in [3.63, 3.8) is 0 Å². The van der Waals surface area contributed by atoms with Crippen LogP contribution in [0, 0.1) is 5.82 Å². The summed E-state index contributed by atoms with van der Waals surface area (Å²) >= 11 is 0. The zero-order valence-corrected chi connectivity index (χ0v) is 13.6. The van der Waals surface area contributed by atoms with Crippen molar-refractivity contribution in [2.45, 2.75) is 30.7 Å². The van der Waals surface area contributed by atoms with Crippen molar-refractivity contribution in [3.05, 3.63) is 35.6 Å². The van der Waals surface area contributed by atoms with Gasteiger partial charge in [-0.1, -0.05) is 12.1 Å². The lowest BCUT2D eigenvalue weighted by Gasteiger charge is -2.37. The Kier molecular flexibility index (Phi) is 6.28. The third-order valence-corrected chi connectivity index (χ3v) is 4.37. The second-order valence-corrected chi connectivity index (χ2v) is 5.85. The van der Waals surface area contributed by atoms with Crippen LogP contribution < -0.4 is 5.32 Å². The minimum absolute atomic E-state index is 0.160. The SMILES string of the molecule is COCCC(NC(=O)C1(c2cccc(F)c2)CCOCC1)C(=O)O. The molecule has 0 aromatic heterocycles. The lowest BCUT2D eigenvalue weighted by atomic mass is 9.73. The molecule has 1 aromatic rings. The van der Waals surface area contributed by atoms with Crippen molar-refractivity contribution in [2.75, 3.05) is 26.9 Å². The van der Waals surface area contributed by atoms with E-state index in [9.17, 15) is 19.1 Å². The Hall–Kier alpha value is -1.99. The zero-order valence-electron chi connectivity index (χ0n) is 13.6. The van der Waals surface area contributed by atoms with E-state index in [-0.39, 0.29) is 13.0 Å². The molecule has 0 spiro atoms. The number of aliphatic carboxylic acids is 1. The van der Waals surface area contributed by atoms with Gasteiger partial charge in [-0.05, 0) is 30.5 Å². The monoisotopic (exact) mass is 339 g/mol. The first-order valence-electron chi connectivity index (χ1n) is 7.86. The Morgan fingerprint density at radius 1 is 1.42 bits per heavy atom. The van der Waals surface area contributed by atoms with Crippen LogP contribution in [-0.2, 0) is 24.5 Å². The molecule has 0 saturated carbocycles. The molecular weight excluding hydrogens is 317 g/mol. The number of hydrogen-bond donors (Lipinski definition) is 2. The first-order chi connectivity index (χ1) is 11.5. The molecule has 24 heavy (non-hydrogen) atoms. The minimum atomic E-state index is -1.12. The molecule has 1 aromatic carbocycles. The van der Waals surface area contributed by atoms with E-state index in [1.165, 1.54) is 19.2 Å². The van der Waals surface area contributed by atoms with Crippen LogP contribution in [0.25, 0.3) is 0 Å². The quantitative estimate of drug-likeness (QED) is 0.786. The number of halogens is 1. The number of carbonyl (C=O) groups is 2. The Morgan fingerprint density at radius 2 is 2.12 bits per heavy atom. The molecule has 0 bridgehead atoms. The number of ether oxygens (including phenoxy) is 2. The van der Waals surface area contributed by atoms with E-state index in [1.807, 2.05) is 0 Å². The summed E-state index contributed by atoms with van der Waals surface area (Å²) in [5.41, 5.74) is -0.444. The average Bonchev–Trinajstić information content (AvgIpc) is 2.58. The van der Waals surface area contributed by atoms with E-state index >= 15 is 0 Å². The van der Waals surface area contributed by atoms with Crippen LogP contribution in [0.5, 0.6) is 0 Å². The summed E-state index contributed by atoms with van der Waals surface area (Å²) in [6.07, 6.45) is 0.908.